The van der Waals surface area contributed by atoms with Gasteiger partial charge in [0.05, 0.1) is 26.5 Å². The average Bonchev–Trinajstić information content (AvgIpc) is 2.65. The molecule has 0 atom stereocenters. The molecule has 0 aliphatic heterocycles. The predicted octanol–water partition coefficient (Wildman–Crippen LogP) is 2.49. The number of ether oxygens (including phenoxy) is 3. The van der Waals surface area contributed by atoms with Crippen LogP contribution >= 0.6 is 11.6 Å². The van der Waals surface area contributed by atoms with E-state index in [4.69, 9.17) is 25.8 Å². The zero-order valence-electron chi connectivity index (χ0n) is 14.4. The van der Waals surface area contributed by atoms with Crippen molar-refractivity contribution in [3.05, 3.63) is 47.5 Å². The second-order valence-corrected chi connectivity index (χ2v) is 5.57. The van der Waals surface area contributed by atoms with E-state index >= 15 is 0 Å². The van der Waals surface area contributed by atoms with Crippen molar-refractivity contribution in [2.24, 2.45) is 0 Å². The molecule has 0 aliphatic carbocycles. The number of hydrogen-bond donors (Lipinski definition) is 2. The Morgan fingerprint density at radius 2 is 1.65 bits per heavy atom. The molecule has 2 N–H and O–H groups in total. The number of carbonyl (C=O) groups is 2. The van der Waals surface area contributed by atoms with Crippen LogP contribution in [0, 0.1) is 0 Å². The molecule has 7 nitrogen and oxygen atoms in total. The Morgan fingerprint density at radius 3 is 2.31 bits per heavy atom. The Morgan fingerprint density at radius 1 is 0.962 bits per heavy atom. The van der Waals surface area contributed by atoms with E-state index in [0.29, 0.717) is 28.0 Å². The number of amides is 2. The molecular weight excluding hydrogens is 360 g/mol. The number of nitrogens with one attached hydrogen (secondary N) is 2. The Balaban J connectivity index is 1.77. The van der Waals surface area contributed by atoms with Crippen LogP contribution in [0.25, 0.3) is 0 Å². The molecule has 138 valence electrons. The fraction of sp³-hybridized carbons (Fsp3) is 0.222. The summed E-state index contributed by atoms with van der Waals surface area (Å²) in [5.41, 5.74) is 0.425. The van der Waals surface area contributed by atoms with Gasteiger partial charge in [-0.2, -0.15) is 0 Å². The highest BCUT2D eigenvalue weighted by Gasteiger charge is 2.10. The summed E-state index contributed by atoms with van der Waals surface area (Å²) in [6.45, 7) is -0.416. The maximum absolute atomic E-state index is 12.0. The normalized spacial score (nSPS) is 9.96. The summed E-state index contributed by atoms with van der Waals surface area (Å²) in [4.78, 5) is 23.7. The first-order chi connectivity index (χ1) is 12.5. The lowest BCUT2D eigenvalue weighted by Crippen LogP contribution is -2.35. The Labute approximate surface area is 156 Å². The molecule has 0 radical (unpaired) electrons. The molecule has 2 aromatic carbocycles. The number of rotatable bonds is 8. The van der Waals surface area contributed by atoms with Crippen molar-refractivity contribution in [1.82, 2.24) is 5.32 Å². The average molecular weight is 379 g/mol. The Bertz CT molecular complexity index is 765. The Hall–Kier alpha value is -2.93. The minimum atomic E-state index is -0.422. The largest absolute Gasteiger partial charge is 0.497 e. The van der Waals surface area contributed by atoms with Gasteiger partial charge in [-0.1, -0.05) is 11.6 Å². The number of halogens is 1. The molecule has 0 heterocycles. The molecule has 2 rings (SSSR count). The highest BCUT2D eigenvalue weighted by molar-refractivity contribution is 6.31. The number of hydrogen-bond acceptors (Lipinski definition) is 5. The molecule has 26 heavy (non-hydrogen) atoms. The van der Waals surface area contributed by atoms with E-state index in [1.54, 1.807) is 49.6 Å². The summed E-state index contributed by atoms with van der Waals surface area (Å²) < 4.78 is 15.5. The van der Waals surface area contributed by atoms with Gasteiger partial charge in [0.25, 0.3) is 5.91 Å². The monoisotopic (exact) mass is 378 g/mol. The van der Waals surface area contributed by atoms with Crippen molar-refractivity contribution in [3.63, 3.8) is 0 Å². The summed E-state index contributed by atoms with van der Waals surface area (Å²) in [6.07, 6.45) is 0. The number of carbonyl (C=O) groups excluding carboxylic acids is 2. The van der Waals surface area contributed by atoms with Crippen molar-refractivity contribution in [1.29, 1.82) is 0 Å². The van der Waals surface area contributed by atoms with Crippen LogP contribution in [0.1, 0.15) is 0 Å². The quantitative estimate of drug-likeness (QED) is 0.737. The molecule has 0 bridgehead atoms. The molecule has 0 aliphatic rings. The van der Waals surface area contributed by atoms with Crippen molar-refractivity contribution in [2.45, 2.75) is 0 Å². The zero-order valence-corrected chi connectivity index (χ0v) is 15.1. The topological polar surface area (TPSA) is 85.9 Å². The van der Waals surface area contributed by atoms with E-state index < -0.39 is 11.8 Å². The van der Waals surface area contributed by atoms with E-state index in [-0.39, 0.29) is 13.2 Å². The molecule has 2 aromatic rings. The summed E-state index contributed by atoms with van der Waals surface area (Å²) >= 11 is 5.90. The van der Waals surface area contributed by atoms with Gasteiger partial charge in [0, 0.05) is 5.02 Å². The van der Waals surface area contributed by atoms with Crippen LogP contribution in [0.5, 0.6) is 17.2 Å². The van der Waals surface area contributed by atoms with Gasteiger partial charge in [0.15, 0.2) is 6.61 Å². The van der Waals surface area contributed by atoms with Crippen molar-refractivity contribution >= 4 is 29.1 Å². The van der Waals surface area contributed by atoms with Crippen molar-refractivity contribution in [3.8, 4) is 17.2 Å². The molecule has 0 fully saturated rings. The summed E-state index contributed by atoms with van der Waals surface area (Å²) in [5, 5.41) is 5.56. The predicted molar refractivity (Wildman–Crippen MR) is 98.1 cm³/mol. The summed E-state index contributed by atoms with van der Waals surface area (Å²) in [6, 6.07) is 11.7. The van der Waals surface area contributed by atoms with E-state index in [1.807, 2.05) is 0 Å². The number of methoxy groups -OCH3 is 2. The Kier molecular flexibility index (Phi) is 7.11. The zero-order chi connectivity index (χ0) is 18.9. The highest BCUT2D eigenvalue weighted by atomic mass is 35.5. The van der Waals surface area contributed by atoms with Gasteiger partial charge in [-0.05, 0) is 42.5 Å². The lowest BCUT2D eigenvalue weighted by atomic mass is 10.3. The summed E-state index contributed by atoms with van der Waals surface area (Å²) in [7, 11) is 3.05. The fourth-order valence-electron chi connectivity index (χ4n) is 2.02. The summed E-state index contributed by atoms with van der Waals surface area (Å²) in [5.74, 6) is 0.846. The third kappa shape index (κ3) is 5.86. The van der Waals surface area contributed by atoms with Gasteiger partial charge in [-0.15, -0.1) is 0 Å². The van der Waals surface area contributed by atoms with Gasteiger partial charge in [-0.3, -0.25) is 9.59 Å². The van der Waals surface area contributed by atoms with Crippen LogP contribution in [0.2, 0.25) is 5.02 Å². The molecule has 0 aromatic heterocycles. The van der Waals surface area contributed by atoms with Gasteiger partial charge in [-0.25, -0.2) is 0 Å². The van der Waals surface area contributed by atoms with Crippen LogP contribution in [0.4, 0.5) is 5.69 Å². The van der Waals surface area contributed by atoms with Gasteiger partial charge in [0.2, 0.25) is 5.91 Å². The molecule has 0 saturated carbocycles. The van der Waals surface area contributed by atoms with E-state index in [1.165, 1.54) is 7.11 Å². The lowest BCUT2D eigenvalue weighted by Gasteiger charge is -2.11. The van der Waals surface area contributed by atoms with Gasteiger partial charge >= 0.3 is 0 Å². The molecule has 0 saturated heterocycles. The van der Waals surface area contributed by atoms with Crippen molar-refractivity contribution < 1.29 is 23.8 Å². The standard InChI is InChI=1S/C18H19ClN2O5/c1-24-13-4-6-14(7-5-13)26-11-18(23)20-10-17(22)21-15-9-12(19)3-8-16(15)25-2/h3-9H,10-11H2,1-2H3,(H,20,23)(H,21,22). The minimum absolute atomic E-state index is 0.208. The third-order valence-electron chi connectivity index (χ3n) is 3.31. The number of anilines is 1. The maximum atomic E-state index is 12.0. The SMILES string of the molecule is COc1ccc(OCC(=O)NCC(=O)Nc2cc(Cl)ccc2OC)cc1. The van der Waals surface area contributed by atoms with E-state index in [2.05, 4.69) is 10.6 Å². The molecule has 2 amide bonds. The van der Waals surface area contributed by atoms with E-state index in [0.717, 1.165) is 0 Å². The van der Waals surface area contributed by atoms with Gasteiger partial charge < -0.3 is 24.8 Å². The fourth-order valence-corrected chi connectivity index (χ4v) is 2.20. The molecule has 0 unspecified atom stereocenters. The van der Waals surface area contributed by atoms with Crippen LogP contribution in [-0.4, -0.2) is 39.2 Å². The number of benzene rings is 2. The molecule has 8 heteroatoms. The maximum Gasteiger partial charge on any atom is 0.258 e. The van der Waals surface area contributed by atoms with E-state index in [9.17, 15) is 9.59 Å². The smallest absolute Gasteiger partial charge is 0.258 e. The minimum Gasteiger partial charge on any atom is -0.497 e. The molecule has 0 spiro atoms. The van der Waals surface area contributed by atoms with Gasteiger partial charge in [0.1, 0.15) is 17.2 Å². The van der Waals surface area contributed by atoms with Crippen LogP contribution in [-0.2, 0) is 9.59 Å². The second kappa shape index (κ2) is 9.53. The second-order valence-electron chi connectivity index (χ2n) is 5.13. The lowest BCUT2D eigenvalue weighted by molar-refractivity contribution is -0.125. The van der Waals surface area contributed by atoms with Crippen LogP contribution in [0.15, 0.2) is 42.5 Å². The van der Waals surface area contributed by atoms with Crippen LogP contribution < -0.4 is 24.8 Å². The first-order valence-corrected chi connectivity index (χ1v) is 8.06. The molecular formula is C18H19ClN2O5. The first kappa shape index (κ1) is 19.4. The van der Waals surface area contributed by atoms with Crippen molar-refractivity contribution in [2.75, 3.05) is 32.7 Å². The first-order valence-electron chi connectivity index (χ1n) is 7.68. The third-order valence-corrected chi connectivity index (χ3v) is 3.55. The highest BCUT2D eigenvalue weighted by Crippen LogP contribution is 2.27. The van der Waals surface area contributed by atoms with Crippen LogP contribution in [0.3, 0.4) is 0 Å².